The van der Waals surface area contributed by atoms with E-state index in [9.17, 15) is 4.79 Å². The molecule has 1 atom stereocenters. The number of carbonyl (C=O) groups is 1. The second-order valence-electron chi connectivity index (χ2n) is 6.32. The van der Waals surface area contributed by atoms with Crippen molar-refractivity contribution >= 4 is 6.29 Å². The molecule has 1 saturated heterocycles. The van der Waals surface area contributed by atoms with Crippen LogP contribution in [0.25, 0.3) is 0 Å². The molecule has 2 fully saturated rings. The van der Waals surface area contributed by atoms with Gasteiger partial charge in [0.05, 0.1) is 6.61 Å². The van der Waals surface area contributed by atoms with Crippen molar-refractivity contribution in [1.29, 1.82) is 0 Å². The first kappa shape index (κ1) is 14.0. The molecule has 0 N–H and O–H groups in total. The first-order chi connectivity index (χ1) is 8.74. The highest BCUT2D eigenvalue weighted by Crippen LogP contribution is 2.35. The summed E-state index contributed by atoms with van der Waals surface area (Å²) in [7, 11) is 2.16. The van der Waals surface area contributed by atoms with Crippen LogP contribution in [0.2, 0.25) is 0 Å². The number of ether oxygens (including phenoxy) is 1. The molecule has 0 aromatic carbocycles. The topological polar surface area (TPSA) is 29.5 Å². The molecule has 1 heterocycles. The third-order valence-corrected chi connectivity index (χ3v) is 4.51. The Labute approximate surface area is 111 Å². The molecular weight excluding hydrogens is 226 g/mol. The quantitative estimate of drug-likeness (QED) is 0.705. The molecule has 1 aliphatic carbocycles. The Bertz CT molecular complexity index is 255. The summed E-state index contributed by atoms with van der Waals surface area (Å²) < 4.78 is 5.53. The van der Waals surface area contributed by atoms with Crippen LogP contribution < -0.4 is 0 Å². The highest BCUT2D eigenvalue weighted by Gasteiger charge is 2.33. The van der Waals surface area contributed by atoms with Crippen molar-refractivity contribution < 1.29 is 9.53 Å². The van der Waals surface area contributed by atoms with E-state index in [2.05, 4.69) is 11.9 Å². The summed E-state index contributed by atoms with van der Waals surface area (Å²) in [6.07, 6.45) is 9.62. The molecule has 2 rings (SSSR count). The van der Waals surface area contributed by atoms with Crippen LogP contribution in [0.3, 0.4) is 0 Å². The Morgan fingerprint density at radius 2 is 2.06 bits per heavy atom. The summed E-state index contributed by atoms with van der Waals surface area (Å²) in [5, 5.41) is 0. The maximum absolute atomic E-state index is 11.5. The summed E-state index contributed by atoms with van der Waals surface area (Å²) in [4.78, 5) is 13.8. The van der Waals surface area contributed by atoms with Gasteiger partial charge in [-0.15, -0.1) is 0 Å². The average molecular weight is 253 g/mol. The maximum atomic E-state index is 11.5. The second kappa shape index (κ2) is 6.67. The normalized spacial score (nSPS) is 28.2. The zero-order chi connectivity index (χ0) is 12.8. The molecule has 0 bridgehead atoms. The molecule has 0 aromatic rings. The van der Waals surface area contributed by atoms with E-state index in [-0.39, 0.29) is 5.41 Å². The van der Waals surface area contributed by atoms with Gasteiger partial charge < -0.3 is 14.4 Å². The molecule has 3 nitrogen and oxygen atoms in total. The average Bonchev–Trinajstić information content (AvgIpc) is 2.41. The van der Waals surface area contributed by atoms with Crippen molar-refractivity contribution in [3.63, 3.8) is 0 Å². The zero-order valence-corrected chi connectivity index (χ0v) is 11.7. The van der Waals surface area contributed by atoms with Gasteiger partial charge in [-0.25, -0.2) is 0 Å². The standard InChI is InChI=1S/C15H27NO2/c1-16(10-14-6-5-9-18-11-14)12-15(13-17)7-3-2-4-8-15/h13-14H,2-12H2,1H3. The lowest BCUT2D eigenvalue weighted by Gasteiger charge is -2.37. The summed E-state index contributed by atoms with van der Waals surface area (Å²) >= 11 is 0. The van der Waals surface area contributed by atoms with Gasteiger partial charge in [0.15, 0.2) is 0 Å². The zero-order valence-electron chi connectivity index (χ0n) is 11.7. The fourth-order valence-corrected chi connectivity index (χ4v) is 3.56. The van der Waals surface area contributed by atoms with Gasteiger partial charge in [0, 0.05) is 25.1 Å². The molecular formula is C15H27NO2. The van der Waals surface area contributed by atoms with Crippen molar-refractivity contribution in [2.75, 3.05) is 33.4 Å². The fourth-order valence-electron chi connectivity index (χ4n) is 3.56. The fraction of sp³-hybridized carbons (Fsp3) is 0.933. The van der Waals surface area contributed by atoms with E-state index in [1.54, 1.807) is 0 Å². The Morgan fingerprint density at radius 3 is 2.67 bits per heavy atom. The molecule has 0 amide bonds. The first-order valence-corrected chi connectivity index (χ1v) is 7.47. The molecule has 3 heteroatoms. The van der Waals surface area contributed by atoms with Gasteiger partial charge in [-0.1, -0.05) is 19.3 Å². The molecule has 1 saturated carbocycles. The molecule has 0 aromatic heterocycles. The number of hydrogen-bond donors (Lipinski definition) is 0. The highest BCUT2D eigenvalue weighted by atomic mass is 16.5. The smallest absolute Gasteiger partial charge is 0.127 e. The highest BCUT2D eigenvalue weighted by molar-refractivity contribution is 5.60. The summed E-state index contributed by atoms with van der Waals surface area (Å²) in [5.41, 5.74) is -0.0531. The largest absolute Gasteiger partial charge is 0.381 e. The van der Waals surface area contributed by atoms with Crippen LogP contribution in [-0.2, 0) is 9.53 Å². The van der Waals surface area contributed by atoms with E-state index >= 15 is 0 Å². The van der Waals surface area contributed by atoms with Crippen LogP contribution in [0.15, 0.2) is 0 Å². The third kappa shape index (κ3) is 3.79. The van der Waals surface area contributed by atoms with Gasteiger partial charge in [-0.05, 0) is 38.6 Å². The van der Waals surface area contributed by atoms with Crippen LogP contribution in [0.1, 0.15) is 44.9 Å². The lowest BCUT2D eigenvalue weighted by molar-refractivity contribution is -0.119. The summed E-state index contributed by atoms with van der Waals surface area (Å²) in [5.74, 6) is 0.663. The summed E-state index contributed by atoms with van der Waals surface area (Å²) in [6.45, 7) is 3.85. The Hall–Kier alpha value is -0.410. The molecule has 1 aliphatic heterocycles. The number of rotatable bonds is 5. The van der Waals surface area contributed by atoms with Crippen LogP contribution in [0, 0.1) is 11.3 Å². The number of aldehydes is 1. The molecule has 1 unspecified atom stereocenters. The number of carbonyl (C=O) groups excluding carboxylic acids is 1. The predicted molar refractivity (Wildman–Crippen MR) is 72.6 cm³/mol. The van der Waals surface area contributed by atoms with Crippen LogP contribution in [0.4, 0.5) is 0 Å². The Morgan fingerprint density at radius 1 is 1.28 bits per heavy atom. The molecule has 0 spiro atoms. The minimum Gasteiger partial charge on any atom is -0.381 e. The molecule has 0 radical (unpaired) electrons. The monoisotopic (exact) mass is 253 g/mol. The Kier molecular flexibility index (Phi) is 5.19. The van der Waals surface area contributed by atoms with Gasteiger partial charge in [0.25, 0.3) is 0 Å². The van der Waals surface area contributed by atoms with E-state index in [0.717, 1.165) is 39.1 Å². The van der Waals surface area contributed by atoms with Crippen molar-refractivity contribution in [2.24, 2.45) is 11.3 Å². The van der Waals surface area contributed by atoms with E-state index in [4.69, 9.17) is 4.74 Å². The van der Waals surface area contributed by atoms with E-state index < -0.39 is 0 Å². The lowest BCUT2D eigenvalue weighted by Crippen LogP contribution is -2.41. The Balaban J connectivity index is 1.80. The summed E-state index contributed by atoms with van der Waals surface area (Å²) in [6, 6.07) is 0. The van der Waals surface area contributed by atoms with Gasteiger partial charge in [0.1, 0.15) is 6.29 Å². The van der Waals surface area contributed by atoms with Crippen molar-refractivity contribution in [1.82, 2.24) is 4.90 Å². The van der Waals surface area contributed by atoms with Crippen LogP contribution >= 0.6 is 0 Å². The van der Waals surface area contributed by atoms with Gasteiger partial charge >= 0.3 is 0 Å². The van der Waals surface area contributed by atoms with E-state index in [1.165, 1.54) is 38.4 Å². The van der Waals surface area contributed by atoms with Crippen molar-refractivity contribution in [2.45, 2.75) is 44.9 Å². The SMILES string of the molecule is CN(CC1CCCOC1)CC1(C=O)CCCCC1. The predicted octanol–water partition coefficient (Wildman–Crippen LogP) is 2.49. The second-order valence-corrected chi connectivity index (χ2v) is 6.32. The molecule has 2 aliphatic rings. The van der Waals surface area contributed by atoms with E-state index in [0.29, 0.717) is 5.92 Å². The molecule has 18 heavy (non-hydrogen) atoms. The lowest BCUT2D eigenvalue weighted by atomic mass is 9.75. The minimum atomic E-state index is -0.0531. The van der Waals surface area contributed by atoms with Crippen molar-refractivity contribution in [3.8, 4) is 0 Å². The number of nitrogens with zero attached hydrogens (tertiary/aromatic N) is 1. The minimum absolute atomic E-state index is 0.0531. The van der Waals surface area contributed by atoms with Crippen molar-refractivity contribution in [3.05, 3.63) is 0 Å². The maximum Gasteiger partial charge on any atom is 0.127 e. The first-order valence-electron chi connectivity index (χ1n) is 7.47. The van der Waals surface area contributed by atoms with Gasteiger partial charge in [0.2, 0.25) is 0 Å². The van der Waals surface area contributed by atoms with Crippen LogP contribution in [0.5, 0.6) is 0 Å². The van der Waals surface area contributed by atoms with Gasteiger partial charge in [-0.2, -0.15) is 0 Å². The third-order valence-electron chi connectivity index (χ3n) is 4.51. The molecule has 104 valence electrons. The van der Waals surface area contributed by atoms with Crippen LogP contribution in [-0.4, -0.2) is 44.5 Å². The number of hydrogen-bond acceptors (Lipinski definition) is 3. The van der Waals surface area contributed by atoms with E-state index in [1.807, 2.05) is 0 Å². The van der Waals surface area contributed by atoms with Gasteiger partial charge in [-0.3, -0.25) is 0 Å².